The van der Waals surface area contributed by atoms with Gasteiger partial charge in [-0.1, -0.05) is 24.9 Å². The molecule has 1 unspecified atom stereocenters. The molecule has 0 spiro atoms. The van der Waals surface area contributed by atoms with E-state index in [4.69, 9.17) is 15.0 Å². The van der Waals surface area contributed by atoms with Crippen LogP contribution < -0.4 is 5.73 Å². The fourth-order valence-electron chi connectivity index (χ4n) is 1.73. The lowest BCUT2D eigenvalue weighted by atomic mass is 10.1. The molecular formula is C12H23N3O2. The van der Waals surface area contributed by atoms with E-state index in [-0.39, 0.29) is 6.10 Å². The third-order valence-corrected chi connectivity index (χ3v) is 2.77. The van der Waals surface area contributed by atoms with Crippen LogP contribution in [0, 0.1) is 0 Å². The molecule has 0 aliphatic carbocycles. The van der Waals surface area contributed by atoms with Gasteiger partial charge >= 0.3 is 0 Å². The summed E-state index contributed by atoms with van der Waals surface area (Å²) < 4.78 is 10.4. The van der Waals surface area contributed by atoms with Crippen molar-refractivity contribution in [2.75, 3.05) is 13.7 Å². The van der Waals surface area contributed by atoms with Gasteiger partial charge in [0.25, 0.3) is 0 Å². The zero-order valence-electron chi connectivity index (χ0n) is 10.8. The zero-order valence-corrected chi connectivity index (χ0v) is 10.8. The smallest absolute Gasteiger partial charge is 0.226 e. The van der Waals surface area contributed by atoms with Gasteiger partial charge in [0.2, 0.25) is 11.7 Å². The molecule has 0 fully saturated rings. The summed E-state index contributed by atoms with van der Waals surface area (Å²) in [5.74, 6) is 1.37. The molecule has 5 nitrogen and oxygen atoms in total. The molecule has 2 N–H and O–H groups in total. The van der Waals surface area contributed by atoms with E-state index >= 15 is 0 Å². The summed E-state index contributed by atoms with van der Waals surface area (Å²) >= 11 is 0. The number of rotatable bonds is 9. The van der Waals surface area contributed by atoms with Crippen molar-refractivity contribution in [3.05, 3.63) is 11.7 Å². The van der Waals surface area contributed by atoms with Crippen molar-refractivity contribution in [1.82, 2.24) is 10.1 Å². The summed E-state index contributed by atoms with van der Waals surface area (Å²) in [5.41, 5.74) is 5.43. The van der Waals surface area contributed by atoms with Crippen molar-refractivity contribution in [2.45, 2.75) is 51.6 Å². The normalized spacial score (nSPS) is 12.9. The van der Waals surface area contributed by atoms with Crippen molar-refractivity contribution in [2.24, 2.45) is 5.73 Å². The van der Waals surface area contributed by atoms with Gasteiger partial charge in [-0.2, -0.15) is 4.98 Å². The van der Waals surface area contributed by atoms with Crippen molar-refractivity contribution in [1.29, 1.82) is 0 Å². The molecule has 0 saturated heterocycles. The van der Waals surface area contributed by atoms with Gasteiger partial charge in [-0.05, 0) is 25.8 Å². The van der Waals surface area contributed by atoms with Crippen LogP contribution in [0.1, 0.15) is 56.8 Å². The second kappa shape index (κ2) is 8.20. The van der Waals surface area contributed by atoms with Gasteiger partial charge in [0.15, 0.2) is 0 Å². The van der Waals surface area contributed by atoms with Crippen molar-refractivity contribution >= 4 is 0 Å². The maximum atomic E-state index is 5.43. The van der Waals surface area contributed by atoms with E-state index in [1.54, 1.807) is 7.11 Å². The Morgan fingerprint density at radius 3 is 2.71 bits per heavy atom. The molecule has 5 heteroatoms. The van der Waals surface area contributed by atoms with E-state index in [0.29, 0.717) is 11.7 Å². The van der Waals surface area contributed by atoms with Gasteiger partial charge < -0.3 is 15.0 Å². The Hall–Kier alpha value is -0.940. The third-order valence-electron chi connectivity index (χ3n) is 2.77. The minimum Gasteiger partial charge on any atom is -0.373 e. The van der Waals surface area contributed by atoms with Crippen LogP contribution in [0.25, 0.3) is 0 Å². The van der Waals surface area contributed by atoms with Crippen LogP contribution in [0.3, 0.4) is 0 Å². The van der Waals surface area contributed by atoms with Crippen LogP contribution in [0.2, 0.25) is 0 Å². The molecule has 1 atom stereocenters. The Balaban J connectivity index is 2.30. The number of unbranched alkanes of at least 4 members (excludes halogenated alkanes) is 3. The highest BCUT2D eigenvalue weighted by atomic mass is 16.5. The Bertz CT molecular complexity index is 298. The number of nitrogens with two attached hydrogens (primary N) is 1. The predicted octanol–water partition coefficient (Wildman–Crippen LogP) is 2.23. The molecule has 1 aromatic heterocycles. The molecule has 1 heterocycles. The summed E-state index contributed by atoms with van der Waals surface area (Å²) in [6.07, 6.45) is 6.15. The number of aryl methyl sites for hydroxylation is 1. The van der Waals surface area contributed by atoms with Crippen LogP contribution in [0.15, 0.2) is 4.52 Å². The lowest BCUT2D eigenvalue weighted by molar-refractivity contribution is 0.0903. The maximum absolute atomic E-state index is 5.43. The van der Waals surface area contributed by atoms with Crippen LogP contribution in [0.5, 0.6) is 0 Å². The summed E-state index contributed by atoms with van der Waals surface area (Å²) in [7, 11) is 1.66. The minimum absolute atomic E-state index is 0.0512. The number of aromatic nitrogens is 2. The fourth-order valence-corrected chi connectivity index (χ4v) is 1.73. The SMILES string of the molecule is CCC(OC)c1noc(CCCCCCN)n1. The minimum atomic E-state index is -0.0512. The van der Waals surface area contributed by atoms with Crippen molar-refractivity contribution in [3.8, 4) is 0 Å². The van der Waals surface area contributed by atoms with E-state index in [1.807, 2.05) is 6.92 Å². The van der Waals surface area contributed by atoms with Crippen molar-refractivity contribution < 1.29 is 9.26 Å². The number of hydrogen-bond donors (Lipinski definition) is 1. The summed E-state index contributed by atoms with van der Waals surface area (Å²) in [5, 5.41) is 3.94. The van der Waals surface area contributed by atoms with Crippen LogP contribution in [-0.2, 0) is 11.2 Å². The van der Waals surface area contributed by atoms with Gasteiger partial charge in [-0.25, -0.2) is 0 Å². The first-order valence-electron chi connectivity index (χ1n) is 6.37. The average Bonchev–Trinajstić information content (AvgIpc) is 2.79. The molecule has 0 bridgehead atoms. The fraction of sp³-hybridized carbons (Fsp3) is 0.833. The second-order valence-electron chi connectivity index (χ2n) is 4.13. The molecule has 0 saturated carbocycles. The monoisotopic (exact) mass is 241 g/mol. The predicted molar refractivity (Wildman–Crippen MR) is 65.6 cm³/mol. The first-order chi connectivity index (χ1) is 8.31. The molecule has 0 aliphatic rings. The van der Waals surface area contributed by atoms with E-state index in [0.717, 1.165) is 38.6 Å². The van der Waals surface area contributed by atoms with Crippen molar-refractivity contribution in [3.63, 3.8) is 0 Å². The number of nitrogens with zero attached hydrogens (tertiary/aromatic N) is 2. The van der Waals surface area contributed by atoms with Gasteiger partial charge in [-0.15, -0.1) is 0 Å². The Labute approximate surface area is 103 Å². The van der Waals surface area contributed by atoms with E-state index in [2.05, 4.69) is 10.1 Å². The highest BCUT2D eigenvalue weighted by molar-refractivity contribution is 4.91. The quantitative estimate of drug-likeness (QED) is 0.671. The Kier molecular flexibility index (Phi) is 6.81. The molecule has 1 aromatic rings. The highest BCUT2D eigenvalue weighted by Crippen LogP contribution is 2.17. The van der Waals surface area contributed by atoms with E-state index in [9.17, 15) is 0 Å². The summed E-state index contributed by atoms with van der Waals surface area (Å²) in [4.78, 5) is 4.34. The van der Waals surface area contributed by atoms with Gasteiger partial charge in [0.05, 0.1) is 0 Å². The lowest BCUT2D eigenvalue weighted by Crippen LogP contribution is -2.02. The molecule has 0 amide bonds. The first kappa shape index (κ1) is 14.1. The van der Waals surface area contributed by atoms with Gasteiger partial charge in [-0.3, -0.25) is 0 Å². The molecule has 0 aliphatic heterocycles. The molecular weight excluding hydrogens is 218 g/mol. The zero-order chi connectivity index (χ0) is 12.5. The van der Waals surface area contributed by atoms with Gasteiger partial charge in [0, 0.05) is 13.5 Å². The molecule has 98 valence electrons. The Morgan fingerprint density at radius 2 is 2.06 bits per heavy atom. The van der Waals surface area contributed by atoms with Crippen LogP contribution in [-0.4, -0.2) is 23.8 Å². The third kappa shape index (κ3) is 4.83. The summed E-state index contributed by atoms with van der Waals surface area (Å²) in [6.45, 7) is 2.81. The van der Waals surface area contributed by atoms with E-state index in [1.165, 1.54) is 6.42 Å². The average molecular weight is 241 g/mol. The topological polar surface area (TPSA) is 74.2 Å². The molecule has 17 heavy (non-hydrogen) atoms. The standard InChI is InChI=1S/C12H23N3O2/c1-3-10(16-2)12-14-11(17-15-12)8-6-4-5-7-9-13/h10H,3-9,13H2,1-2H3. The number of methoxy groups -OCH3 is 1. The highest BCUT2D eigenvalue weighted by Gasteiger charge is 2.15. The van der Waals surface area contributed by atoms with Gasteiger partial charge in [0.1, 0.15) is 6.10 Å². The lowest BCUT2D eigenvalue weighted by Gasteiger charge is -2.05. The second-order valence-corrected chi connectivity index (χ2v) is 4.13. The number of hydrogen-bond acceptors (Lipinski definition) is 5. The first-order valence-corrected chi connectivity index (χ1v) is 6.37. The van der Waals surface area contributed by atoms with Crippen LogP contribution in [0.4, 0.5) is 0 Å². The van der Waals surface area contributed by atoms with E-state index < -0.39 is 0 Å². The Morgan fingerprint density at radius 1 is 1.29 bits per heavy atom. The maximum Gasteiger partial charge on any atom is 0.226 e. The molecule has 0 aromatic carbocycles. The summed E-state index contributed by atoms with van der Waals surface area (Å²) in [6, 6.07) is 0. The molecule has 1 rings (SSSR count). The largest absolute Gasteiger partial charge is 0.373 e. The number of ether oxygens (including phenoxy) is 1. The van der Waals surface area contributed by atoms with Crippen LogP contribution >= 0.6 is 0 Å². The molecule has 0 radical (unpaired) electrons.